The van der Waals surface area contributed by atoms with E-state index in [-0.39, 0.29) is 0 Å². The highest BCUT2D eigenvalue weighted by atomic mass is 16.3. The maximum atomic E-state index is 9.25. The van der Waals surface area contributed by atoms with Gasteiger partial charge in [0.15, 0.2) is 0 Å². The molecular formula is C14H21NO. The summed E-state index contributed by atoms with van der Waals surface area (Å²) in [6.45, 7) is 4.53. The number of phenolic OH excluding ortho intramolecular Hbond substituents is 1. The number of benzene rings is 1. The Bertz CT molecular complexity index is 320. The lowest BCUT2D eigenvalue weighted by atomic mass is 9.99. The van der Waals surface area contributed by atoms with Crippen molar-refractivity contribution in [2.75, 3.05) is 6.54 Å². The zero-order valence-electron chi connectivity index (χ0n) is 10.0. The van der Waals surface area contributed by atoms with Gasteiger partial charge in [-0.2, -0.15) is 0 Å². The number of rotatable bonds is 3. The van der Waals surface area contributed by atoms with Crippen molar-refractivity contribution in [2.24, 2.45) is 0 Å². The van der Waals surface area contributed by atoms with Crippen molar-refractivity contribution in [3.8, 4) is 5.75 Å². The Kier molecular flexibility index (Phi) is 3.83. The summed E-state index contributed by atoms with van der Waals surface area (Å²) in [5, 5.41) is 9.25. The Balaban J connectivity index is 1.99. The van der Waals surface area contributed by atoms with Crippen LogP contribution in [-0.2, 0) is 6.54 Å². The van der Waals surface area contributed by atoms with Gasteiger partial charge in [0.1, 0.15) is 5.75 Å². The molecule has 1 N–H and O–H groups in total. The van der Waals surface area contributed by atoms with E-state index in [1.54, 1.807) is 12.1 Å². The molecule has 1 saturated heterocycles. The van der Waals surface area contributed by atoms with Gasteiger partial charge in [0.25, 0.3) is 0 Å². The minimum absolute atomic E-state index is 0.356. The summed E-state index contributed by atoms with van der Waals surface area (Å²) in [6, 6.07) is 8.36. The van der Waals surface area contributed by atoms with Crippen LogP contribution in [0.4, 0.5) is 0 Å². The maximum Gasteiger partial charge on any atom is 0.115 e. The molecule has 1 aliphatic heterocycles. The summed E-state index contributed by atoms with van der Waals surface area (Å²) in [5.74, 6) is 0.356. The van der Waals surface area contributed by atoms with Gasteiger partial charge in [-0.3, -0.25) is 4.90 Å². The molecule has 1 aromatic carbocycles. The van der Waals surface area contributed by atoms with E-state index in [9.17, 15) is 5.11 Å². The van der Waals surface area contributed by atoms with Crippen LogP contribution in [0.25, 0.3) is 0 Å². The molecule has 1 fully saturated rings. The lowest BCUT2D eigenvalue weighted by molar-refractivity contribution is 0.136. The van der Waals surface area contributed by atoms with Crippen LogP contribution in [0.1, 0.15) is 38.2 Å². The van der Waals surface area contributed by atoms with E-state index in [4.69, 9.17) is 0 Å². The third-order valence-corrected chi connectivity index (χ3v) is 3.54. The van der Waals surface area contributed by atoms with Gasteiger partial charge in [-0.15, -0.1) is 0 Å². The molecule has 1 atom stereocenters. The van der Waals surface area contributed by atoms with Crippen LogP contribution in [0.2, 0.25) is 0 Å². The molecule has 1 unspecified atom stereocenters. The molecule has 1 heterocycles. The normalized spacial score (nSPS) is 22.2. The number of hydrogen-bond donors (Lipinski definition) is 1. The summed E-state index contributed by atoms with van der Waals surface area (Å²) in [7, 11) is 0. The van der Waals surface area contributed by atoms with E-state index >= 15 is 0 Å². The minimum Gasteiger partial charge on any atom is -0.508 e. The first kappa shape index (κ1) is 11.5. The highest BCUT2D eigenvalue weighted by Gasteiger charge is 2.20. The predicted octanol–water partition coefficient (Wildman–Crippen LogP) is 3.16. The molecule has 88 valence electrons. The molecule has 2 nitrogen and oxygen atoms in total. The van der Waals surface area contributed by atoms with Gasteiger partial charge < -0.3 is 5.11 Å². The fraction of sp³-hybridized carbons (Fsp3) is 0.571. The summed E-state index contributed by atoms with van der Waals surface area (Å²) in [6.07, 6.45) is 5.30. The minimum atomic E-state index is 0.356. The van der Waals surface area contributed by atoms with Crippen molar-refractivity contribution in [2.45, 2.75) is 45.2 Å². The average Bonchev–Trinajstić information content (AvgIpc) is 2.33. The number of likely N-dealkylation sites (tertiary alicyclic amines) is 1. The smallest absolute Gasteiger partial charge is 0.115 e. The fourth-order valence-electron chi connectivity index (χ4n) is 2.57. The molecule has 2 heteroatoms. The molecule has 1 aliphatic rings. The van der Waals surface area contributed by atoms with Crippen molar-refractivity contribution in [3.63, 3.8) is 0 Å². The van der Waals surface area contributed by atoms with Crippen molar-refractivity contribution in [3.05, 3.63) is 29.8 Å². The highest BCUT2D eigenvalue weighted by molar-refractivity contribution is 5.25. The van der Waals surface area contributed by atoms with E-state index in [2.05, 4.69) is 11.8 Å². The lowest BCUT2D eigenvalue weighted by Crippen LogP contribution is -2.38. The summed E-state index contributed by atoms with van der Waals surface area (Å²) in [4.78, 5) is 2.58. The van der Waals surface area contributed by atoms with Crippen LogP contribution in [0.15, 0.2) is 24.3 Å². The Morgan fingerprint density at radius 3 is 2.69 bits per heavy atom. The first-order valence-corrected chi connectivity index (χ1v) is 6.31. The SMILES string of the molecule is CCC1CCCCN1Cc1ccc(O)cc1. The number of phenols is 1. The molecule has 16 heavy (non-hydrogen) atoms. The predicted molar refractivity (Wildman–Crippen MR) is 66.4 cm³/mol. The summed E-state index contributed by atoms with van der Waals surface area (Å²) in [5.41, 5.74) is 1.30. The third kappa shape index (κ3) is 2.76. The average molecular weight is 219 g/mol. The summed E-state index contributed by atoms with van der Waals surface area (Å²) < 4.78 is 0. The standard InChI is InChI=1S/C14H21NO/c1-2-13-5-3-4-10-15(13)11-12-6-8-14(16)9-7-12/h6-9,13,16H,2-5,10-11H2,1H3. The second-order valence-corrected chi connectivity index (χ2v) is 4.69. The zero-order chi connectivity index (χ0) is 11.4. The largest absolute Gasteiger partial charge is 0.508 e. The second-order valence-electron chi connectivity index (χ2n) is 4.69. The Morgan fingerprint density at radius 1 is 1.25 bits per heavy atom. The molecular weight excluding hydrogens is 198 g/mol. The van der Waals surface area contributed by atoms with Gasteiger partial charge in [0.05, 0.1) is 0 Å². The van der Waals surface area contributed by atoms with E-state index in [1.807, 2.05) is 12.1 Å². The third-order valence-electron chi connectivity index (χ3n) is 3.54. The van der Waals surface area contributed by atoms with Gasteiger partial charge in [-0.1, -0.05) is 25.5 Å². The number of hydrogen-bond acceptors (Lipinski definition) is 2. The van der Waals surface area contributed by atoms with Crippen molar-refractivity contribution < 1.29 is 5.11 Å². The molecule has 0 spiro atoms. The molecule has 1 aromatic rings. The molecule has 0 radical (unpaired) electrons. The van der Waals surface area contributed by atoms with Crippen LogP contribution < -0.4 is 0 Å². The van der Waals surface area contributed by atoms with Crippen molar-refractivity contribution in [1.82, 2.24) is 4.90 Å². The quantitative estimate of drug-likeness (QED) is 0.844. The molecule has 0 aromatic heterocycles. The monoisotopic (exact) mass is 219 g/mol. The second kappa shape index (κ2) is 5.35. The zero-order valence-corrected chi connectivity index (χ0v) is 10.0. The number of nitrogens with zero attached hydrogens (tertiary/aromatic N) is 1. The maximum absolute atomic E-state index is 9.25. The topological polar surface area (TPSA) is 23.5 Å². The molecule has 0 bridgehead atoms. The molecule has 2 rings (SSSR count). The van der Waals surface area contributed by atoms with E-state index in [0.717, 1.165) is 12.6 Å². The molecule has 0 aliphatic carbocycles. The molecule has 0 saturated carbocycles. The van der Waals surface area contributed by atoms with Gasteiger partial charge >= 0.3 is 0 Å². The number of piperidine rings is 1. The van der Waals surface area contributed by atoms with Crippen LogP contribution in [0.5, 0.6) is 5.75 Å². The van der Waals surface area contributed by atoms with Gasteiger partial charge in [0.2, 0.25) is 0 Å². The van der Waals surface area contributed by atoms with Crippen molar-refractivity contribution >= 4 is 0 Å². The van der Waals surface area contributed by atoms with Crippen LogP contribution in [0, 0.1) is 0 Å². The fourth-order valence-corrected chi connectivity index (χ4v) is 2.57. The van der Waals surface area contributed by atoms with Crippen LogP contribution in [-0.4, -0.2) is 22.6 Å². The van der Waals surface area contributed by atoms with Crippen LogP contribution >= 0.6 is 0 Å². The first-order chi connectivity index (χ1) is 7.79. The van der Waals surface area contributed by atoms with Gasteiger partial charge in [0, 0.05) is 12.6 Å². The van der Waals surface area contributed by atoms with E-state index in [0.29, 0.717) is 5.75 Å². The van der Waals surface area contributed by atoms with Crippen LogP contribution in [0.3, 0.4) is 0 Å². The van der Waals surface area contributed by atoms with E-state index in [1.165, 1.54) is 37.8 Å². The van der Waals surface area contributed by atoms with Gasteiger partial charge in [-0.05, 0) is 43.5 Å². The van der Waals surface area contributed by atoms with Gasteiger partial charge in [-0.25, -0.2) is 0 Å². The Morgan fingerprint density at radius 2 is 2.00 bits per heavy atom. The highest BCUT2D eigenvalue weighted by Crippen LogP contribution is 2.22. The van der Waals surface area contributed by atoms with E-state index < -0.39 is 0 Å². The Hall–Kier alpha value is -1.02. The number of aromatic hydroxyl groups is 1. The Labute approximate surface area is 97.9 Å². The summed E-state index contributed by atoms with van der Waals surface area (Å²) >= 11 is 0. The molecule has 0 amide bonds. The van der Waals surface area contributed by atoms with Crippen molar-refractivity contribution in [1.29, 1.82) is 0 Å². The first-order valence-electron chi connectivity index (χ1n) is 6.31. The lowest BCUT2D eigenvalue weighted by Gasteiger charge is -2.35.